The van der Waals surface area contributed by atoms with Crippen molar-refractivity contribution in [3.8, 4) is 34.1 Å². The van der Waals surface area contributed by atoms with Crippen LogP contribution in [0.2, 0.25) is 0 Å². The van der Waals surface area contributed by atoms with Crippen LogP contribution in [0.5, 0.6) is 11.5 Å². The zero-order valence-corrected chi connectivity index (χ0v) is 20.1. The number of ether oxygens (including phenoxy) is 2. The van der Waals surface area contributed by atoms with Gasteiger partial charge < -0.3 is 19.4 Å². The average Bonchev–Trinajstić information content (AvgIpc) is 3.52. The maximum Gasteiger partial charge on any atom is 0.208 e. The minimum Gasteiger partial charge on any atom is -0.496 e. The number of anilines is 1. The van der Waals surface area contributed by atoms with Crippen molar-refractivity contribution in [3.05, 3.63) is 60.3 Å². The molecule has 5 rings (SSSR count). The average molecular weight is 489 g/mol. The van der Waals surface area contributed by atoms with Gasteiger partial charge in [0.25, 0.3) is 0 Å². The quantitative estimate of drug-likeness (QED) is 0.316. The van der Waals surface area contributed by atoms with Crippen molar-refractivity contribution in [2.75, 3.05) is 25.6 Å². The van der Waals surface area contributed by atoms with Gasteiger partial charge in [-0.15, -0.1) is 10.2 Å². The predicted octanol–water partition coefficient (Wildman–Crippen LogP) is 4.25. The molecule has 2 N–H and O–H groups in total. The van der Waals surface area contributed by atoms with E-state index in [4.69, 9.17) is 9.47 Å². The second kappa shape index (κ2) is 9.98. The lowest BCUT2D eigenvalue weighted by atomic mass is 10.1. The molecule has 0 aliphatic rings. The van der Waals surface area contributed by atoms with Gasteiger partial charge in [-0.1, -0.05) is 12.1 Å². The Kier molecular flexibility index (Phi) is 6.44. The summed E-state index contributed by atoms with van der Waals surface area (Å²) < 4.78 is 28.0. The van der Waals surface area contributed by atoms with E-state index in [9.17, 15) is 4.39 Å². The maximum atomic E-state index is 14.9. The van der Waals surface area contributed by atoms with Crippen LogP contribution >= 0.6 is 0 Å². The third-order valence-corrected chi connectivity index (χ3v) is 5.93. The van der Waals surface area contributed by atoms with Crippen LogP contribution in [-0.4, -0.2) is 55.4 Å². The first-order chi connectivity index (χ1) is 17.6. The summed E-state index contributed by atoms with van der Waals surface area (Å²) in [6.45, 7) is 5.26. The number of rotatable bonds is 9. The van der Waals surface area contributed by atoms with Crippen LogP contribution in [0, 0.1) is 12.7 Å². The Balaban J connectivity index is 1.35. The molecule has 36 heavy (non-hydrogen) atoms. The molecule has 0 saturated heterocycles. The smallest absolute Gasteiger partial charge is 0.208 e. The van der Waals surface area contributed by atoms with E-state index in [0.717, 1.165) is 22.3 Å². The number of aromatic nitrogens is 7. The molecule has 3 aromatic heterocycles. The summed E-state index contributed by atoms with van der Waals surface area (Å²) in [7, 11) is 1.55. The third kappa shape index (κ3) is 4.30. The van der Waals surface area contributed by atoms with Crippen LogP contribution in [0.3, 0.4) is 0 Å². The predicted molar refractivity (Wildman–Crippen MR) is 133 cm³/mol. The first kappa shape index (κ1) is 23.2. The van der Waals surface area contributed by atoms with Gasteiger partial charge in [-0.25, -0.2) is 14.4 Å². The number of nitrogens with one attached hydrogen (secondary N) is 2. The lowest BCUT2D eigenvalue weighted by Gasteiger charge is -2.12. The number of methoxy groups -OCH3 is 1. The normalized spacial score (nSPS) is 11.1. The molecule has 0 amide bonds. The Morgan fingerprint density at radius 1 is 1.11 bits per heavy atom. The Bertz CT molecular complexity index is 1500. The molecule has 0 unspecified atom stereocenters. The number of benzene rings is 2. The molecule has 0 radical (unpaired) electrons. The molecule has 0 bridgehead atoms. The molecule has 184 valence electrons. The summed E-state index contributed by atoms with van der Waals surface area (Å²) in [5.41, 5.74) is 3.67. The van der Waals surface area contributed by atoms with Crippen LogP contribution < -0.4 is 14.8 Å². The first-order valence-corrected chi connectivity index (χ1v) is 11.5. The first-order valence-electron chi connectivity index (χ1n) is 11.5. The van der Waals surface area contributed by atoms with Crippen LogP contribution in [-0.2, 0) is 6.54 Å². The minimum absolute atomic E-state index is 0.263. The molecule has 10 nitrogen and oxygen atoms in total. The molecule has 0 saturated carbocycles. The van der Waals surface area contributed by atoms with E-state index in [2.05, 4.69) is 35.9 Å². The number of aromatic amines is 1. The van der Waals surface area contributed by atoms with E-state index >= 15 is 0 Å². The molecule has 11 heteroatoms. The van der Waals surface area contributed by atoms with Crippen molar-refractivity contribution in [2.24, 2.45) is 0 Å². The van der Waals surface area contributed by atoms with Gasteiger partial charge in [0.1, 0.15) is 23.6 Å². The minimum atomic E-state index is -0.263. The number of nitrogens with zero attached hydrogens (tertiary/aromatic N) is 6. The highest BCUT2D eigenvalue weighted by molar-refractivity contribution is 5.88. The molecule has 0 aliphatic carbocycles. The summed E-state index contributed by atoms with van der Waals surface area (Å²) in [4.78, 5) is 8.76. The van der Waals surface area contributed by atoms with Crippen molar-refractivity contribution in [2.45, 2.75) is 20.4 Å². The number of fused-ring (bicyclic) bond motifs is 1. The lowest BCUT2D eigenvalue weighted by molar-refractivity contribution is 0.341. The van der Waals surface area contributed by atoms with Crippen molar-refractivity contribution < 1.29 is 13.9 Å². The molecule has 0 spiro atoms. The molecule has 0 aliphatic heterocycles. The fourth-order valence-corrected chi connectivity index (χ4v) is 4.23. The molecule has 2 aromatic carbocycles. The third-order valence-electron chi connectivity index (χ3n) is 5.93. The highest BCUT2D eigenvalue weighted by atomic mass is 19.1. The van der Waals surface area contributed by atoms with Crippen LogP contribution in [0.4, 0.5) is 10.2 Å². The summed E-state index contributed by atoms with van der Waals surface area (Å²) in [6.07, 6.45) is 1.51. The zero-order chi connectivity index (χ0) is 25.1. The molecule has 5 aromatic rings. The zero-order valence-electron chi connectivity index (χ0n) is 20.1. The molecular weight excluding hydrogens is 463 g/mol. The van der Waals surface area contributed by atoms with Crippen LogP contribution in [0.1, 0.15) is 12.6 Å². The monoisotopic (exact) mass is 488 g/mol. The van der Waals surface area contributed by atoms with Crippen LogP contribution in [0.25, 0.3) is 33.5 Å². The number of tetrazole rings is 1. The highest BCUT2D eigenvalue weighted by Gasteiger charge is 2.17. The summed E-state index contributed by atoms with van der Waals surface area (Å²) in [6, 6.07) is 13.1. The Hall–Kier alpha value is -4.54. The van der Waals surface area contributed by atoms with E-state index in [1.165, 1.54) is 6.33 Å². The van der Waals surface area contributed by atoms with Crippen molar-refractivity contribution in [1.29, 1.82) is 0 Å². The fraction of sp³-hybridized carbons (Fsp3) is 0.240. The van der Waals surface area contributed by atoms with Crippen LogP contribution in [0.15, 0.2) is 48.8 Å². The Labute approximate surface area is 206 Å². The second-order valence-corrected chi connectivity index (χ2v) is 8.00. The van der Waals surface area contributed by atoms with Crippen molar-refractivity contribution in [3.63, 3.8) is 0 Å². The second-order valence-electron chi connectivity index (χ2n) is 8.00. The number of hydrogen-bond acceptors (Lipinski definition) is 8. The van der Waals surface area contributed by atoms with E-state index in [1.54, 1.807) is 20.1 Å². The van der Waals surface area contributed by atoms with Gasteiger partial charge in [-0.2, -0.15) is 5.21 Å². The summed E-state index contributed by atoms with van der Waals surface area (Å²) in [5.74, 6) is 2.01. The fourth-order valence-electron chi connectivity index (χ4n) is 4.23. The molecule has 0 atom stereocenters. The standard InChI is InChI=1S/C25H25FN8O2/c1-4-36-21-12-16(8-9-17(21)25-30-32-33-31-25)18-13-22(29-14-28-18)27-10-11-34-15(2)24(26)23-19(34)6-5-7-20(23)35-3/h5-9,12-14H,4,10-11H2,1-3H3,(H,27,28,29)(H,30,31,32,33). The molecule has 0 fully saturated rings. The topological polar surface area (TPSA) is 116 Å². The highest BCUT2D eigenvalue weighted by Crippen LogP contribution is 2.33. The van der Waals surface area contributed by atoms with E-state index < -0.39 is 0 Å². The van der Waals surface area contributed by atoms with Gasteiger partial charge in [0.15, 0.2) is 5.82 Å². The number of hydrogen-bond donors (Lipinski definition) is 2. The van der Waals surface area contributed by atoms with E-state index in [0.29, 0.717) is 53.9 Å². The Morgan fingerprint density at radius 3 is 2.78 bits per heavy atom. The Morgan fingerprint density at radius 2 is 2.00 bits per heavy atom. The van der Waals surface area contributed by atoms with Gasteiger partial charge in [0.2, 0.25) is 5.82 Å². The number of H-pyrrole nitrogens is 1. The summed E-state index contributed by atoms with van der Waals surface area (Å²) in [5, 5.41) is 18.0. The largest absolute Gasteiger partial charge is 0.496 e. The maximum absolute atomic E-state index is 14.9. The summed E-state index contributed by atoms with van der Waals surface area (Å²) >= 11 is 0. The van der Waals surface area contributed by atoms with Crippen molar-refractivity contribution in [1.82, 2.24) is 35.2 Å². The van der Waals surface area contributed by atoms with Gasteiger partial charge in [0.05, 0.1) is 41.6 Å². The molecular formula is C25H25FN8O2. The van der Waals surface area contributed by atoms with Gasteiger partial charge in [-0.05, 0) is 43.3 Å². The van der Waals surface area contributed by atoms with Gasteiger partial charge in [0, 0.05) is 24.7 Å². The van der Waals surface area contributed by atoms with Gasteiger partial charge >= 0.3 is 0 Å². The number of halogens is 1. The van der Waals surface area contributed by atoms with E-state index in [1.807, 2.05) is 47.9 Å². The molecule has 3 heterocycles. The SMILES string of the molecule is CCOc1cc(-c2cc(NCCn3c(C)c(F)c4c(OC)cccc43)ncn2)ccc1-c1nn[nH]n1. The lowest BCUT2D eigenvalue weighted by Crippen LogP contribution is -2.12. The van der Waals surface area contributed by atoms with Gasteiger partial charge in [-0.3, -0.25) is 0 Å². The van der Waals surface area contributed by atoms with Crippen molar-refractivity contribution >= 4 is 16.7 Å². The van der Waals surface area contributed by atoms with E-state index in [-0.39, 0.29) is 5.82 Å².